The number of aromatic amines is 1. The van der Waals surface area contributed by atoms with Gasteiger partial charge in [-0.15, -0.1) is 0 Å². The molecule has 226 valence electrons. The number of aromatic nitrogens is 7. The lowest BCUT2D eigenvalue weighted by Gasteiger charge is -2.22. The molecule has 21 heteroatoms. The lowest BCUT2D eigenvalue weighted by molar-refractivity contribution is -0.0475. The SMILES string of the molecule is Nc1ncnc2c1ncn2[C@H]1C[C@H](OP(=O)(O)OC[C@@H]2CC[C@H](n3cnc4c(=O)[nH]ccc43)O2)[C@@H](COP(=O)(O)O)O1. The Hall–Kier alpha value is -3.09. The van der Waals surface area contributed by atoms with Crippen molar-refractivity contribution in [3.8, 4) is 0 Å². The predicted molar refractivity (Wildman–Crippen MR) is 140 cm³/mol. The van der Waals surface area contributed by atoms with Crippen LogP contribution in [0.1, 0.15) is 31.7 Å². The molecule has 6 heterocycles. The first-order valence-electron chi connectivity index (χ1n) is 12.6. The van der Waals surface area contributed by atoms with E-state index in [9.17, 15) is 18.8 Å². The molecule has 6 atom stereocenters. The molecule has 2 aliphatic heterocycles. The van der Waals surface area contributed by atoms with Gasteiger partial charge in [0.25, 0.3) is 5.56 Å². The quantitative estimate of drug-likeness (QED) is 0.152. The number of anilines is 1. The highest BCUT2D eigenvalue weighted by Crippen LogP contribution is 2.50. The van der Waals surface area contributed by atoms with Crippen LogP contribution in [0, 0.1) is 0 Å². The number of nitrogens with two attached hydrogens (primary N) is 1. The smallest absolute Gasteiger partial charge is 0.382 e. The second kappa shape index (κ2) is 11.2. The third kappa shape index (κ3) is 6.02. The maximum atomic E-state index is 12.9. The summed E-state index contributed by atoms with van der Waals surface area (Å²) < 4.78 is 54.5. The molecule has 42 heavy (non-hydrogen) atoms. The van der Waals surface area contributed by atoms with Gasteiger partial charge in [0.15, 0.2) is 17.0 Å². The number of phosphoric ester groups is 2. The van der Waals surface area contributed by atoms with Crippen LogP contribution in [0.2, 0.25) is 0 Å². The van der Waals surface area contributed by atoms with E-state index in [1.54, 1.807) is 10.6 Å². The van der Waals surface area contributed by atoms with Crippen LogP contribution in [0.4, 0.5) is 5.82 Å². The molecule has 2 saturated heterocycles. The summed E-state index contributed by atoms with van der Waals surface area (Å²) in [7, 11) is -9.62. The van der Waals surface area contributed by atoms with Crippen LogP contribution in [-0.4, -0.2) is 80.3 Å². The topological polar surface area (TPSA) is 261 Å². The van der Waals surface area contributed by atoms with Crippen LogP contribution in [-0.2, 0) is 32.2 Å². The number of nitrogens with zero attached hydrogens (tertiary/aromatic N) is 6. The van der Waals surface area contributed by atoms with Crippen LogP contribution >= 0.6 is 15.6 Å². The first-order chi connectivity index (χ1) is 20.0. The summed E-state index contributed by atoms with van der Waals surface area (Å²) >= 11 is 0. The van der Waals surface area contributed by atoms with Crippen LogP contribution in [0.3, 0.4) is 0 Å². The van der Waals surface area contributed by atoms with E-state index >= 15 is 0 Å². The molecule has 0 saturated carbocycles. The fourth-order valence-corrected chi connectivity index (χ4v) is 6.30. The number of hydrogen-bond acceptors (Lipinski definition) is 13. The van der Waals surface area contributed by atoms with Gasteiger partial charge in [-0.05, 0) is 18.9 Å². The second-order valence-electron chi connectivity index (χ2n) is 9.62. The van der Waals surface area contributed by atoms with Crippen molar-refractivity contribution in [2.45, 2.75) is 50.0 Å². The molecule has 1 unspecified atom stereocenters. The van der Waals surface area contributed by atoms with Gasteiger partial charge in [-0.3, -0.25) is 22.9 Å². The van der Waals surface area contributed by atoms with E-state index < -0.39 is 53.0 Å². The molecule has 6 N–H and O–H groups in total. The molecule has 4 aromatic heterocycles. The van der Waals surface area contributed by atoms with Gasteiger partial charge in [0.2, 0.25) is 0 Å². The number of imidazole rings is 2. The monoisotopic (exact) mass is 628 g/mol. The van der Waals surface area contributed by atoms with Crippen molar-refractivity contribution >= 4 is 43.7 Å². The number of pyridine rings is 1. The van der Waals surface area contributed by atoms with Crippen molar-refractivity contribution in [2.24, 2.45) is 0 Å². The summed E-state index contributed by atoms with van der Waals surface area (Å²) in [5.41, 5.74) is 6.98. The fourth-order valence-electron chi connectivity index (χ4n) is 4.98. The summed E-state index contributed by atoms with van der Waals surface area (Å²) in [5.74, 6) is 0.130. The summed E-state index contributed by atoms with van der Waals surface area (Å²) in [6.45, 7) is -0.940. The molecule has 0 amide bonds. The minimum atomic E-state index is -4.89. The van der Waals surface area contributed by atoms with Crippen LogP contribution in [0.25, 0.3) is 22.2 Å². The summed E-state index contributed by atoms with van der Waals surface area (Å²) in [4.78, 5) is 59.7. The Morgan fingerprint density at radius 2 is 1.79 bits per heavy atom. The van der Waals surface area contributed by atoms with Gasteiger partial charge in [0, 0.05) is 12.6 Å². The Kier molecular flexibility index (Phi) is 7.73. The van der Waals surface area contributed by atoms with E-state index in [0.29, 0.717) is 29.5 Å². The lowest BCUT2D eigenvalue weighted by Crippen LogP contribution is -2.28. The van der Waals surface area contributed by atoms with Gasteiger partial charge in [-0.1, -0.05) is 0 Å². The van der Waals surface area contributed by atoms with Crippen molar-refractivity contribution < 1.29 is 46.9 Å². The summed E-state index contributed by atoms with van der Waals surface area (Å²) in [6.07, 6.45) is 2.33. The van der Waals surface area contributed by atoms with Crippen molar-refractivity contribution in [2.75, 3.05) is 18.9 Å². The Bertz CT molecular complexity index is 1750. The average Bonchev–Trinajstić information content (AvgIpc) is 3.71. The normalized spacial score (nSPS) is 26.3. The lowest BCUT2D eigenvalue weighted by atomic mass is 10.2. The van der Waals surface area contributed by atoms with Crippen molar-refractivity contribution in [1.29, 1.82) is 0 Å². The van der Waals surface area contributed by atoms with Gasteiger partial charge >= 0.3 is 15.6 Å². The Morgan fingerprint density at radius 1 is 1.00 bits per heavy atom. The molecule has 0 aliphatic carbocycles. The summed E-state index contributed by atoms with van der Waals surface area (Å²) in [6, 6.07) is 1.70. The van der Waals surface area contributed by atoms with Crippen LogP contribution in [0.5, 0.6) is 0 Å². The minimum Gasteiger partial charge on any atom is -0.382 e. The van der Waals surface area contributed by atoms with Crippen LogP contribution < -0.4 is 11.3 Å². The predicted octanol–water partition coefficient (Wildman–Crippen LogP) is 0.723. The standard InChI is InChI=1S/C21H26N8O11P2/c22-19-18-20(25-8-24-19)29(10-27-18)16-5-13(14(39-16)7-36-41(31,32)33)40-42(34,35)37-6-11-1-2-15(38-11)28-9-26-17-12(28)3-4-23-21(17)30/h3-4,8-11,13-16H,1-2,5-7H2,(H,23,30)(H,34,35)(H2,22,24,25)(H2,31,32,33)/t11-,13-,14+,15+,16+/m0/s1. The third-order valence-corrected chi connectivity index (χ3v) is 8.37. The van der Waals surface area contributed by atoms with E-state index in [0.717, 1.165) is 0 Å². The maximum Gasteiger partial charge on any atom is 0.472 e. The largest absolute Gasteiger partial charge is 0.472 e. The molecular formula is C21H26N8O11P2. The summed E-state index contributed by atoms with van der Waals surface area (Å²) in [5, 5.41) is 0. The molecule has 0 bridgehead atoms. The van der Waals surface area contributed by atoms with Crippen molar-refractivity contribution in [1.82, 2.24) is 34.1 Å². The van der Waals surface area contributed by atoms with Crippen molar-refractivity contribution in [3.05, 3.63) is 41.6 Å². The minimum absolute atomic E-state index is 0.0483. The number of ether oxygens (including phenoxy) is 2. The molecule has 0 radical (unpaired) electrons. The van der Waals surface area contributed by atoms with Gasteiger partial charge in [-0.2, -0.15) is 0 Å². The van der Waals surface area contributed by atoms with Gasteiger partial charge in [-0.25, -0.2) is 29.1 Å². The number of rotatable bonds is 10. The first-order valence-corrected chi connectivity index (χ1v) is 15.6. The average molecular weight is 628 g/mol. The highest BCUT2D eigenvalue weighted by Gasteiger charge is 2.43. The van der Waals surface area contributed by atoms with Crippen LogP contribution in [0.15, 0.2) is 36.0 Å². The molecule has 0 spiro atoms. The van der Waals surface area contributed by atoms with E-state index in [2.05, 4.69) is 29.4 Å². The van der Waals surface area contributed by atoms with Gasteiger partial charge in [0.05, 0.1) is 37.5 Å². The van der Waals surface area contributed by atoms with Gasteiger partial charge in [0.1, 0.15) is 36.5 Å². The Labute approximate surface area is 235 Å². The number of nitrogen functional groups attached to an aromatic ring is 1. The van der Waals surface area contributed by atoms with E-state index in [1.165, 1.54) is 29.7 Å². The Balaban J connectivity index is 1.11. The van der Waals surface area contributed by atoms with E-state index in [4.69, 9.17) is 34.0 Å². The molecular weight excluding hydrogens is 602 g/mol. The zero-order valence-electron chi connectivity index (χ0n) is 21.6. The number of hydrogen-bond donors (Lipinski definition) is 5. The first kappa shape index (κ1) is 29.0. The fraction of sp³-hybridized carbons (Fsp3) is 0.476. The number of H-pyrrole nitrogens is 1. The molecule has 0 aromatic carbocycles. The second-order valence-corrected chi connectivity index (χ2v) is 12.3. The number of fused-ring (bicyclic) bond motifs is 2. The van der Waals surface area contributed by atoms with Crippen molar-refractivity contribution in [3.63, 3.8) is 0 Å². The highest BCUT2D eigenvalue weighted by atomic mass is 31.2. The third-order valence-electron chi connectivity index (χ3n) is 6.88. The molecule has 19 nitrogen and oxygen atoms in total. The van der Waals surface area contributed by atoms with Gasteiger partial charge < -0.3 is 39.4 Å². The zero-order chi connectivity index (χ0) is 29.6. The Morgan fingerprint density at radius 3 is 2.60 bits per heavy atom. The molecule has 2 aliphatic rings. The number of phosphoric acid groups is 2. The molecule has 4 aromatic rings. The zero-order valence-corrected chi connectivity index (χ0v) is 23.4. The van der Waals surface area contributed by atoms with E-state index in [1.807, 2.05) is 0 Å². The number of nitrogens with one attached hydrogen (secondary N) is 1. The molecule has 2 fully saturated rings. The van der Waals surface area contributed by atoms with E-state index in [-0.39, 0.29) is 29.9 Å². The maximum absolute atomic E-state index is 12.9. The highest BCUT2D eigenvalue weighted by molar-refractivity contribution is 7.47. The molecule has 6 rings (SSSR count).